The SMILES string of the molecule is CC1CCC(CN(C)Cc2ccc(N)cc2)O1. The Morgan fingerprint density at radius 2 is 2.00 bits per heavy atom. The van der Waals surface area contributed by atoms with Gasteiger partial charge in [0.25, 0.3) is 0 Å². The van der Waals surface area contributed by atoms with Gasteiger partial charge in [-0.1, -0.05) is 12.1 Å². The van der Waals surface area contributed by atoms with Gasteiger partial charge in [0.05, 0.1) is 12.2 Å². The number of anilines is 1. The van der Waals surface area contributed by atoms with Crippen molar-refractivity contribution in [3.8, 4) is 0 Å². The van der Waals surface area contributed by atoms with Crippen LogP contribution in [-0.4, -0.2) is 30.7 Å². The summed E-state index contributed by atoms with van der Waals surface area (Å²) in [5.41, 5.74) is 7.79. The van der Waals surface area contributed by atoms with E-state index in [1.165, 1.54) is 18.4 Å². The lowest BCUT2D eigenvalue weighted by atomic mass is 10.1. The normalized spacial score (nSPS) is 24.4. The van der Waals surface area contributed by atoms with Crippen molar-refractivity contribution in [3.05, 3.63) is 29.8 Å². The molecule has 1 fully saturated rings. The molecule has 0 saturated carbocycles. The Kier molecular flexibility index (Phi) is 4.02. The molecule has 3 heteroatoms. The number of benzene rings is 1. The largest absolute Gasteiger partial charge is 0.399 e. The van der Waals surface area contributed by atoms with E-state index in [-0.39, 0.29) is 0 Å². The van der Waals surface area contributed by atoms with Gasteiger partial charge in [0.15, 0.2) is 0 Å². The van der Waals surface area contributed by atoms with Crippen molar-refractivity contribution < 1.29 is 4.74 Å². The van der Waals surface area contributed by atoms with Gasteiger partial charge in [0, 0.05) is 18.8 Å². The number of nitrogen functional groups attached to an aromatic ring is 1. The van der Waals surface area contributed by atoms with Gasteiger partial charge in [-0.2, -0.15) is 0 Å². The molecule has 1 heterocycles. The molecule has 1 saturated heterocycles. The van der Waals surface area contributed by atoms with Crippen molar-refractivity contribution in [3.63, 3.8) is 0 Å². The molecular formula is C14H22N2O. The van der Waals surface area contributed by atoms with Gasteiger partial charge in [0.1, 0.15) is 0 Å². The van der Waals surface area contributed by atoms with Crippen LogP contribution in [0.4, 0.5) is 5.69 Å². The zero-order valence-corrected chi connectivity index (χ0v) is 10.7. The third kappa shape index (κ3) is 3.72. The second-order valence-corrected chi connectivity index (χ2v) is 5.08. The van der Waals surface area contributed by atoms with Crippen LogP contribution >= 0.6 is 0 Å². The lowest BCUT2D eigenvalue weighted by Gasteiger charge is -2.21. The molecule has 0 aliphatic carbocycles. The van der Waals surface area contributed by atoms with E-state index < -0.39 is 0 Å². The van der Waals surface area contributed by atoms with E-state index in [1.807, 2.05) is 12.1 Å². The summed E-state index contributed by atoms with van der Waals surface area (Å²) in [6.07, 6.45) is 3.22. The molecular weight excluding hydrogens is 212 g/mol. The number of likely N-dealkylation sites (N-methyl/N-ethyl adjacent to an activating group) is 1. The zero-order valence-electron chi connectivity index (χ0n) is 10.7. The summed E-state index contributed by atoms with van der Waals surface area (Å²) in [5.74, 6) is 0. The molecule has 2 rings (SSSR count). The molecule has 94 valence electrons. The van der Waals surface area contributed by atoms with E-state index in [2.05, 4.69) is 31.0 Å². The highest BCUT2D eigenvalue weighted by atomic mass is 16.5. The van der Waals surface area contributed by atoms with Crippen molar-refractivity contribution in [1.29, 1.82) is 0 Å². The maximum Gasteiger partial charge on any atom is 0.0706 e. The van der Waals surface area contributed by atoms with E-state index >= 15 is 0 Å². The van der Waals surface area contributed by atoms with E-state index in [1.54, 1.807) is 0 Å². The van der Waals surface area contributed by atoms with Crippen LogP contribution < -0.4 is 5.73 Å². The summed E-state index contributed by atoms with van der Waals surface area (Å²) in [5, 5.41) is 0. The van der Waals surface area contributed by atoms with Crippen molar-refractivity contribution in [2.45, 2.75) is 38.5 Å². The van der Waals surface area contributed by atoms with E-state index in [4.69, 9.17) is 10.5 Å². The molecule has 0 amide bonds. The fraction of sp³-hybridized carbons (Fsp3) is 0.571. The second-order valence-electron chi connectivity index (χ2n) is 5.08. The smallest absolute Gasteiger partial charge is 0.0706 e. The predicted molar refractivity (Wildman–Crippen MR) is 70.8 cm³/mol. The fourth-order valence-electron chi connectivity index (χ4n) is 2.37. The maximum atomic E-state index is 5.83. The molecule has 2 unspecified atom stereocenters. The van der Waals surface area contributed by atoms with Crippen LogP contribution in [0.1, 0.15) is 25.3 Å². The summed E-state index contributed by atoms with van der Waals surface area (Å²) >= 11 is 0. The molecule has 0 spiro atoms. The number of nitrogens with two attached hydrogens (primary N) is 1. The minimum atomic E-state index is 0.406. The summed E-state index contributed by atoms with van der Waals surface area (Å²) in [7, 11) is 2.14. The lowest BCUT2D eigenvalue weighted by molar-refractivity contribution is 0.0352. The molecule has 1 aliphatic rings. The number of rotatable bonds is 4. The zero-order chi connectivity index (χ0) is 12.3. The summed E-state index contributed by atoms with van der Waals surface area (Å²) in [4.78, 5) is 2.31. The van der Waals surface area contributed by atoms with Gasteiger partial charge in [-0.15, -0.1) is 0 Å². The molecule has 1 aromatic carbocycles. The molecule has 1 aliphatic heterocycles. The van der Waals surface area contributed by atoms with Crippen molar-refractivity contribution in [2.75, 3.05) is 19.3 Å². The first-order valence-corrected chi connectivity index (χ1v) is 6.32. The van der Waals surface area contributed by atoms with Gasteiger partial charge in [-0.05, 0) is 44.5 Å². The first-order chi connectivity index (χ1) is 8.13. The Hall–Kier alpha value is -1.06. The van der Waals surface area contributed by atoms with Gasteiger partial charge >= 0.3 is 0 Å². The van der Waals surface area contributed by atoms with Crippen molar-refractivity contribution in [2.24, 2.45) is 0 Å². The van der Waals surface area contributed by atoms with Gasteiger partial charge < -0.3 is 10.5 Å². The summed E-state index contributed by atoms with van der Waals surface area (Å²) in [6.45, 7) is 4.11. The molecule has 3 nitrogen and oxygen atoms in total. The quantitative estimate of drug-likeness (QED) is 0.812. The minimum Gasteiger partial charge on any atom is -0.399 e. The third-order valence-electron chi connectivity index (χ3n) is 3.27. The maximum absolute atomic E-state index is 5.83. The monoisotopic (exact) mass is 234 g/mol. The van der Waals surface area contributed by atoms with Gasteiger partial charge in [-0.25, -0.2) is 0 Å². The molecule has 1 aromatic rings. The Balaban J connectivity index is 1.80. The molecule has 0 aromatic heterocycles. The molecule has 2 atom stereocenters. The van der Waals surface area contributed by atoms with Gasteiger partial charge in [-0.3, -0.25) is 4.90 Å². The van der Waals surface area contributed by atoms with Crippen molar-refractivity contribution in [1.82, 2.24) is 4.90 Å². The average molecular weight is 234 g/mol. The van der Waals surface area contributed by atoms with Crippen LogP contribution in [-0.2, 0) is 11.3 Å². The highest BCUT2D eigenvalue weighted by molar-refractivity contribution is 5.39. The van der Waals surface area contributed by atoms with E-state index in [0.29, 0.717) is 12.2 Å². The predicted octanol–water partition coefficient (Wildman–Crippen LogP) is 2.27. The first kappa shape index (κ1) is 12.4. The second kappa shape index (κ2) is 5.52. The van der Waals surface area contributed by atoms with Crippen LogP contribution in [0.2, 0.25) is 0 Å². The average Bonchev–Trinajstić information content (AvgIpc) is 2.67. The highest BCUT2D eigenvalue weighted by Gasteiger charge is 2.22. The third-order valence-corrected chi connectivity index (χ3v) is 3.27. The molecule has 0 bridgehead atoms. The number of ether oxygens (including phenoxy) is 1. The van der Waals surface area contributed by atoms with E-state index in [9.17, 15) is 0 Å². The Morgan fingerprint density at radius 3 is 2.59 bits per heavy atom. The standard InChI is InChI=1S/C14H22N2O/c1-11-3-8-14(17-11)10-16(2)9-12-4-6-13(15)7-5-12/h4-7,11,14H,3,8-10,15H2,1-2H3. The summed E-state index contributed by atoms with van der Waals surface area (Å²) in [6, 6.07) is 8.09. The Bertz CT molecular complexity index is 350. The Morgan fingerprint density at radius 1 is 1.29 bits per heavy atom. The van der Waals surface area contributed by atoms with Crippen molar-refractivity contribution >= 4 is 5.69 Å². The van der Waals surface area contributed by atoms with Crippen LogP contribution in [0.3, 0.4) is 0 Å². The number of nitrogens with zero attached hydrogens (tertiary/aromatic N) is 1. The van der Waals surface area contributed by atoms with Crippen LogP contribution in [0.25, 0.3) is 0 Å². The first-order valence-electron chi connectivity index (χ1n) is 6.32. The topological polar surface area (TPSA) is 38.5 Å². The summed E-state index contributed by atoms with van der Waals surface area (Å²) < 4.78 is 5.83. The molecule has 17 heavy (non-hydrogen) atoms. The lowest BCUT2D eigenvalue weighted by Crippen LogP contribution is -2.28. The van der Waals surface area contributed by atoms with Crippen LogP contribution in [0.5, 0.6) is 0 Å². The van der Waals surface area contributed by atoms with Gasteiger partial charge in [0.2, 0.25) is 0 Å². The molecule has 2 N–H and O–H groups in total. The molecule has 0 radical (unpaired) electrons. The highest BCUT2D eigenvalue weighted by Crippen LogP contribution is 2.20. The Labute approximate surface area is 104 Å². The van der Waals surface area contributed by atoms with Crippen LogP contribution in [0, 0.1) is 0 Å². The fourth-order valence-corrected chi connectivity index (χ4v) is 2.37. The van der Waals surface area contributed by atoms with Crippen LogP contribution in [0.15, 0.2) is 24.3 Å². The number of hydrogen-bond donors (Lipinski definition) is 1. The van der Waals surface area contributed by atoms with E-state index in [0.717, 1.165) is 18.8 Å². The number of hydrogen-bond acceptors (Lipinski definition) is 3. The minimum absolute atomic E-state index is 0.406.